The first-order chi connectivity index (χ1) is 10.3. The van der Waals surface area contributed by atoms with Gasteiger partial charge in [-0.15, -0.1) is 0 Å². The van der Waals surface area contributed by atoms with Crippen LogP contribution in [0, 0.1) is 0 Å². The van der Waals surface area contributed by atoms with Crippen LogP contribution < -0.4 is 5.32 Å². The van der Waals surface area contributed by atoms with Crippen LogP contribution in [0.5, 0.6) is 0 Å². The zero-order chi connectivity index (χ0) is 14.7. The van der Waals surface area contributed by atoms with Gasteiger partial charge in [-0.05, 0) is 35.7 Å². The van der Waals surface area contributed by atoms with Crippen molar-refractivity contribution in [1.82, 2.24) is 15.3 Å². The second kappa shape index (κ2) is 6.20. The fourth-order valence-electron chi connectivity index (χ4n) is 2.54. The summed E-state index contributed by atoms with van der Waals surface area (Å²) in [5.74, 6) is 0. The summed E-state index contributed by atoms with van der Waals surface area (Å²) in [6.45, 7) is 2.95. The summed E-state index contributed by atoms with van der Waals surface area (Å²) in [4.78, 5) is 8.66. The Morgan fingerprint density at radius 1 is 1.14 bits per heavy atom. The van der Waals surface area contributed by atoms with Crippen molar-refractivity contribution in [3.05, 3.63) is 71.3 Å². The van der Waals surface area contributed by atoms with Crippen LogP contribution in [0.15, 0.2) is 55.0 Å². The number of nitrogens with zero attached hydrogens (tertiary/aromatic N) is 2. The Morgan fingerprint density at radius 3 is 2.81 bits per heavy atom. The van der Waals surface area contributed by atoms with Gasteiger partial charge in [0.1, 0.15) is 0 Å². The predicted molar refractivity (Wildman–Crippen MR) is 86.5 cm³/mol. The Hall–Kier alpha value is -1.97. The molecule has 1 aromatic carbocycles. The van der Waals surface area contributed by atoms with E-state index in [2.05, 4.69) is 40.4 Å². The minimum Gasteiger partial charge on any atom is -0.305 e. The summed E-state index contributed by atoms with van der Waals surface area (Å²) in [5, 5.41) is 6.47. The van der Waals surface area contributed by atoms with Crippen LogP contribution in [-0.4, -0.2) is 16.5 Å². The third-order valence-electron chi connectivity index (χ3n) is 3.48. The van der Waals surface area contributed by atoms with Gasteiger partial charge in [0.15, 0.2) is 0 Å². The Morgan fingerprint density at radius 2 is 2.05 bits per heavy atom. The molecular formula is C17H16ClN3. The molecule has 106 valence electrons. The number of rotatable bonds is 4. The van der Waals surface area contributed by atoms with Crippen molar-refractivity contribution in [1.29, 1.82) is 0 Å². The molecule has 0 amide bonds. The third-order valence-corrected chi connectivity index (χ3v) is 3.70. The lowest BCUT2D eigenvalue weighted by atomic mass is 9.97. The van der Waals surface area contributed by atoms with E-state index in [1.54, 1.807) is 6.20 Å². The lowest BCUT2D eigenvalue weighted by Crippen LogP contribution is -2.23. The van der Waals surface area contributed by atoms with Crippen molar-refractivity contribution >= 4 is 22.4 Å². The van der Waals surface area contributed by atoms with Crippen LogP contribution in [0.1, 0.15) is 24.2 Å². The van der Waals surface area contributed by atoms with Crippen molar-refractivity contribution < 1.29 is 0 Å². The smallest absolute Gasteiger partial charge is 0.0757 e. The molecule has 1 atom stereocenters. The highest BCUT2D eigenvalue weighted by molar-refractivity contribution is 6.30. The summed E-state index contributed by atoms with van der Waals surface area (Å²) in [6, 6.07) is 12.2. The van der Waals surface area contributed by atoms with Gasteiger partial charge in [-0.1, -0.05) is 36.7 Å². The standard InChI is InChI=1S/C17H16ClN3/c1-2-20-17(16-7-6-13(18)11-21-16)15-5-3-4-12-10-19-9-8-14(12)15/h3-11,17,20H,2H2,1H3. The minimum atomic E-state index is 0.0402. The molecule has 4 heteroatoms. The number of hydrogen-bond donors (Lipinski definition) is 1. The molecule has 1 N–H and O–H groups in total. The number of aromatic nitrogens is 2. The molecule has 21 heavy (non-hydrogen) atoms. The van der Waals surface area contributed by atoms with Gasteiger partial charge in [0.2, 0.25) is 0 Å². The lowest BCUT2D eigenvalue weighted by Gasteiger charge is -2.19. The second-order valence-electron chi connectivity index (χ2n) is 4.84. The largest absolute Gasteiger partial charge is 0.305 e. The predicted octanol–water partition coefficient (Wildman–Crippen LogP) is 3.98. The van der Waals surface area contributed by atoms with E-state index < -0.39 is 0 Å². The zero-order valence-corrected chi connectivity index (χ0v) is 12.5. The van der Waals surface area contributed by atoms with Gasteiger partial charge in [0.05, 0.1) is 16.8 Å². The Labute approximate surface area is 129 Å². The first kappa shape index (κ1) is 14.0. The quantitative estimate of drug-likeness (QED) is 0.791. The number of halogens is 1. The van der Waals surface area contributed by atoms with E-state index in [1.165, 1.54) is 10.9 Å². The Kier molecular flexibility index (Phi) is 4.13. The molecule has 0 bridgehead atoms. The summed E-state index contributed by atoms with van der Waals surface area (Å²) >= 11 is 5.94. The van der Waals surface area contributed by atoms with Crippen molar-refractivity contribution in [2.75, 3.05) is 6.54 Å². The topological polar surface area (TPSA) is 37.8 Å². The Balaban J connectivity index is 2.13. The average molecular weight is 298 g/mol. The van der Waals surface area contributed by atoms with E-state index in [0.29, 0.717) is 5.02 Å². The molecule has 3 rings (SSSR count). The molecule has 1 unspecified atom stereocenters. The SMILES string of the molecule is CCNC(c1ccc(Cl)cn1)c1cccc2cnccc12. The van der Waals surface area contributed by atoms with Crippen LogP contribution in [-0.2, 0) is 0 Å². The summed E-state index contributed by atoms with van der Waals surface area (Å²) in [7, 11) is 0. The maximum Gasteiger partial charge on any atom is 0.0757 e. The van der Waals surface area contributed by atoms with Crippen LogP contribution in [0.25, 0.3) is 10.8 Å². The molecule has 0 aliphatic rings. The Bertz CT molecular complexity index is 735. The van der Waals surface area contributed by atoms with E-state index >= 15 is 0 Å². The van der Waals surface area contributed by atoms with Gasteiger partial charge in [-0.2, -0.15) is 0 Å². The summed E-state index contributed by atoms with van der Waals surface area (Å²) in [5.41, 5.74) is 2.16. The monoisotopic (exact) mass is 297 g/mol. The van der Waals surface area contributed by atoms with Gasteiger partial charge < -0.3 is 5.32 Å². The number of pyridine rings is 2. The third kappa shape index (κ3) is 2.89. The molecular weight excluding hydrogens is 282 g/mol. The molecule has 3 nitrogen and oxygen atoms in total. The second-order valence-corrected chi connectivity index (χ2v) is 5.27. The lowest BCUT2D eigenvalue weighted by molar-refractivity contribution is 0.619. The highest BCUT2D eigenvalue weighted by Crippen LogP contribution is 2.28. The molecule has 0 radical (unpaired) electrons. The maximum atomic E-state index is 5.94. The molecule has 0 aliphatic carbocycles. The zero-order valence-electron chi connectivity index (χ0n) is 11.8. The molecule has 0 spiro atoms. The van der Waals surface area contributed by atoms with E-state index in [1.807, 2.05) is 30.6 Å². The van der Waals surface area contributed by atoms with Gasteiger partial charge in [0, 0.05) is 24.0 Å². The fourth-order valence-corrected chi connectivity index (χ4v) is 2.65. The number of hydrogen-bond acceptors (Lipinski definition) is 3. The number of nitrogens with one attached hydrogen (secondary N) is 1. The highest BCUT2D eigenvalue weighted by Gasteiger charge is 2.16. The van der Waals surface area contributed by atoms with Gasteiger partial charge in [-0.3, -0.25) is 9.97 Å². The minimum absolute atomic E-state index is 0.0402. The highest BCUT2D eigenvalue weighted by atomic mass is 35.5. The van der Waals surface area contributed by atoms with E-state index in [4.69, 9.17) is 11.6 Å². The van der Waals surface area contributed by atoms with Crippen molar-refractivity contribution in [3.8, 4) is 0 Å². The van der Waals surface area contributed by atoms with Gasteiger partial charge in [0.25, 0.3) is 0 Å². The molecule has 0 saturated heterocycles. The van der Waals surface area contributed by atoms with Crippen LogP contribution in [0.4, 0.5) is 0 Å². The normalized spacial score (nSPS) is 12.5. The average Bonchev–Trinajstić information content (AvgIpc) is 2.53. The molecule has 0 aliphatic heterocycles. The molecule has 2 aromatic heterocycles. The van der Waals surface area contributed by atoms with Crippen molar-refractivity contribution in [2.45, 2.75) is 13.0 Å². The van der Waals surface area contributed by atoms with Crippen molar-refractivity contribution in [2.24, 2.45) is 0 Å². The van der Waals surface area contributed by atoms with Gasteiger partial charge >= 0.3 is 0 Å². The fraction of sp³-hybridized carbons (Fsp3) is 0.176. The van der Waals surface area contributed by atoms with Crippen LogP contribution in [0.2, 0.25) is 5.02 Å². The summed E-state index contributed by atoms with van der Waals surface area (Å²) in [6.07, 6.45) is 5.40. The summed E-state index contributed by atoms with van der Waals surface area (Å²) < 4.78 is 0. The first-order valence-electron chi connectivity index (χ1n) is 6.97. The van der Waals surface area contributed by atoms with Gasteiger partial charge in [-0.25, -0.2) is 0 Å². The van der Waals surface area contributed by atoms with E-state index in [9.17, 15) is 0 Å². The first-order valence-corrected chi connectivity index (χ1v) is 7.35. The maximum absolute atomic E-state index is 5.94. The number of benzene rings is 1. The number of fused-ring (bicyclic) bond motifs is 1. The molecule has 2 heterocycles. The van der Waals surface area contributed by atoms with Crippen molar-refractivity contribution in [3.63, 3.8) is 0 Å². The molecule has 0 fully saturated rings. The molecule has 3 aromatic rings. The van der Waals surface area contributed by atoms with Crippen LogP contribution in [0.3, 0.4) is 0 Å². The van der Waals surface area contributed by atoms with E-state index in [-0.39, 0.29) is 6.04 Å². The molecule has 0 saturated carbocycles. The van der Waals surface area contributed by atoms with E-state index in [0.717, 1.165) is 17.6 Å². The van der Waals surface area contributed by atoms with Crippen LogP contribution >= 0.6 is 11.6 Å².